The molecule has 0 aromatic carbocycles. The van der Waals surface area contributed by atoms with Crippen molar-refractivity contribution in [1.82, 2.24) is 14.9 Å². The molecule has 94 valence electrons. The second kappa shape index (κ2) is 4.91. The van der Waals surface area contributed by atoms with Crippen LogP contribution in [0.1, 0.15) is 21.9 Å². The Morgan fingerprint density at radius 2 is 2.28 bits per heavy atom. The van der Waals surface area contributed by atoms with Crippen LogP contribution in [0.25, 0.3) is 0 Å². The number of hydrogen-bond acceptors (Lipinski definition) is 3. The first-order chi connectivity index (χ1) is 8.56. The van der Waals surface area contributed by atoms with E-state index in [2.05, 4.69) is 9.97 Å². The fourth-order valence-electron chi connectivity index (χ4n) is 1.74. The smallest absolute Gasteiger partial charge is 0.270 e. The van der Waals surface area contributed by atoms with Gasteiger partial charge in [0.1, 0.15) is 5.69 Å². The second-order valence-electron chi connectivity index (χ2n) is 4.28. The van der Waals surface area contributed by atoms with E-state index < -0.39 is 0 Å². The van der Waals surface area contributed by atoms with E-state index in [1.165, 1.54) is 0 Å². The summed E-state index contributed by atoms with van der Waals surface area (Å²) in [7, 11) is 1.74. The van der Waals surface area contributed by atoms with Gasteiger partial charge in [0, 0.05) is 24.6 Å². The summed E-state index contributed by atoms with van der Waals surface area (Å²) < 4.78 is 0. The van der Waals surface area contributed by atoms with Gasteiger partial charge in [0.25, 0.3) is 5.91 Å². The molecule has 2 aromatic rings. The van der Waals surface area contributed by atoms with Crippen molar-refractivity contribution < 1.29 is 4.79 Å². The number of anilines is 1. The maximum Gasteiger partial charge on any atom is 0.270 e. The van der Waals surface area contributed by atoms with Crippen molar-refractivity contribution in [3.05, 3.63) is 47.5 Å². The Bertz CT molecular complexity index is 562. The standard InChI is InChI=1S/C13H16N4O/c1-9-4-3-5-11(16-9)8-17(2)13(18)12-6-10(14)7-15-12/h3-7,15H,8,14H2,1-2H3. The molecule has 3 N–H and O–H groups in total. The lowest BCUT2D eigenvalue weighted by Gasteiger charge is -2.15. The molecule has 5 nitrogen and oxygen atoms in total. The molecule has 0 bridgehead atoms. The molecule has 0 saturated carbocycles. The summed E-state index contributed by atoms with van der Waals surface area (Å²) in [5, 5.41) is 0. The van der Waals surface area contributed by atoms with Crippen LogP contribution in [0.15, 0.2) is 30.5 Å². The highest BCUT2D eigenvalue weighted by molar-refractivity contribution is 5.93. The molecule has 2 aromatic heterocycles. The lowest BCUT2D eigenvalue weighted by atomic mass is 10.3. The predicted octanol–water partition coefficient (Wildman–Crippen LogP) is 1.57. The molecule has 0 atom stereocenters. The van der Waals surface area contributed by atoms with E-state index in [0.717, 1.165) is 11.4 Å². The summed E-state index contributed by atoms with van der Waals surface area (Å²) in [6, 6.07) is 7.39. The van der Waals surface area contributed by atoms with E-state index in [0.29, 0.717) is 17.9 Å². The Morgan fingerprint density at radius 3 is 2.89 bits per heavy atom. The first-order valence-corrected chi connectivity index (χ1v) is 5.68. The maximum absolute atomic E-state index is 12.1. The summed E-state index contributed by atoms with van der Waals surface area (Å²) in [5.74, 6) is -0.102. The van der Waals surface area contributed by atoms with Gasteiger partial charge in [-0.1, -0.05) is 6.07 Å². The van der Waals surface area contributed by atoms with Crippen molar-refractivity contribution in [2.75, 3.05) is 12.8 Å². The van der Waals surface area contributed by atoms with Crippen molar-refractivity contribution in [3.63, 3.8) is 0 Å². The number of carbonyl (C=O) groups is 1. The SMILES string of the molecule is Cc1cccc(CN(C)C(=O)c2cc(N)c[nH]2)n1. The number of rotatable bonds is 3. The van der Waals surface area contributed by atoms with Crippen LogP contribution < -0.4 is 5.73 Å². The normalized spacial score (nSPS) is 10.3. The van der Waals surface area contributed by atoms with Gasteiger partial charge in [-0.2, -0.15) is 0 Å². The zero-order valence-corrected chi connectivity index (χ0v) is 10.5. The number of pyridine rings is 1. The number of H-pyrrole nitrogens is 1. The number of nitrogens with two attached hydrogens (primary N) is 1. The summed E-state index contributed by atoms with van der Waals surface area (Å²) in [6.45, 7) is 2.40. The number of aromatic amines is 1. The minimum absolute atomic E-state index is 0.102. The molecule has 0 fully saturated rings. The van der Waals surface area contributed by atoms with E-state index >= 15 is 0 Å². The first kappa shape index (κ1) is 12.2. The van der Waals surface area contributed by atoms with E-state index in [1.807, 2.05) is 25.1 Å². The Hall–Kier alpha value is -2.30. The molecule has 0 aliphatic carbocycles. The molecular weight excluding hydrogens is 228 g/mol. The lowest BCUT2D eigenvalue weighted by molar-refractivity contribution is 0.0778. The summed E-state index contributed by atoms with van der Waals surface area (Å²) in [5.41, 5.74) is 8.43. The van der Waals surface area contributed by atoms with E-state index in [9.17, 15) is 4.79 Å². The topological polar surface area (TPSA) is 75.0 Å². The van der Waals surface area contributed by atoms with E-state index in [-0.39, 0.29) is 5.91 Å². The van der Waals surface area contributed by atoms with Gasteiger partial charge in [-0.15, -0.1) is 0 Å². The molecule has 1 amide bonds. The van der Waals surface area contributed by atoms with Gasteiger partial charge < -0.3 is 15.6 Å². The highest BCUT2D eigenvalue weighted by atomic mass is 16.2. The molecule has 2 heterocycles. The van der Waals surface area contributed by atoms with Crippen molar-refractivity contribution in [2.45, 2.75) is 13.5 Å². The summed E-state index contributed by atoms with van der Waals surface area (Å²) in [6.07, 6.45) is 1.60. The average Bonchev–Trinajstić information content (AvgIpc) is 2.75. The summed E-state index contributed by atoms with van der Waals surface area (Å²) in [4.78, 5) is 20.9. The largest absolute Gasteiger partial charge is 0.397 e. The van der Waals surface area contributed by atoms with Crippen molar-refractivity contribution in [3.8, 4) is 0 Å². The molecular formula is C13H16N4O. The number of nitrogens with zero attached hydrogens (tertiary/aromatic N) is 2. The number of carbonyl (C=O) groups excluding carboxylic acids is 1. The minimum atomic E-state index is -0.102. The Balaban J connectivity index is 2.08. The molecule has 0 aliphatic heterocycles. The van der Waals surface area contributed by atoms with Gasteiger partial charge in [0.2, 0.25) is 0 Å². The van der Waals surface area contributed by atoms with Crippen LogP contribution in [-0.4, -0.2) is 27.8 Å². The quantitative estimate of drug-likeness (QED) is 0.860. The highest BCUT2D eigenvalue weighted by Crippen LogP contribution is 2.09. The maximum atomic E-state index is 12.1. The van der Waals surface area contributed by atoms with Gasteiger partial charge in [0.05, 0.1) is 12.2 Å². The van der Waals surface area contributed by atoms with Crippen LogP contribution in [-0.2, 0) is 6.54 Å². The highest BCUT2D eigenvalue weighted by Gasteiger charge is 2.14. The number of hydrogen-bond donors (Lipinski definition) is 2. The van der Waals surface area contributed by atoms with Gasteiger partial charge in [-0.3, -0.25) is 9.78 Å². The number of amides is 1. The van der Waals surface area contributed by atoms with Gasteiger partial charge in [0.15, 0.2) is 0 Å². The number of aryl methyl sites for hydroxylation is 1. The number of nitrogens with one attached hydrogen (secondary N) is 1. The molecule has 0 unspecified atom stereocenters. The van der Waals surface area contributed by atoms with E-state index in [4.69, 9.17) is 5.73 Å². The number of nitrogen functional groups attached to an aromatic ring is 1. The van der Waals surface area contributed by atoms with Crippen LogP contribution in [0.4, 0.5) is 5.69 Å². The number of aromatic nitrogens is 2. The fraction of sp³-hybridized carbons (Fsp3) is 0.231. The zero-order chi connectivity index (χ0) is 13.1. The molecule has 2 rings (SSSR count). The Labute approximate surface area is 106 Å². The van der Waals surface area contributed by atoms with Crippen LogP contribution in [0.5, 0.6) is 0 Å². The van der Waals surface area contributed by atoms with E-state index in [1.54, 1.807) is 24.2 Å². The molecule has 0 radical (unpaired) electrons. The summed E-state index contributed by atoms with van der Waals surface area (Å²) >= 11 is 0. The van der Waals surface area contributed by atoms with Crippen LogP contribution in [0.2, 0.25) is 0 Å². The Morgan fingerprint density at radius 1 is 1.50 bits per heavy atom. The molecule has 0 aliphatic rings. The van der Waals surface area contributed by atoms with Crippen molar-refractivity contribution in [2.24, 2.45) is 0 Å². The third-order valence-electron chi connectivity index (χ3n) is 2.63. The van der Waals surface area contributed by atoms with Gasteiger partial charge in [-0.05, 0) is 25.1 Å². The monoisotopic (exact) mass is 244 g/mol. The predicted molar refractivity (Wildman–Crippen MR) is 70.0 cm³/mol. The van der Waals surface area contributed by atoms with Crippen LogP contribution in [0.3, 0.4) is 0 Å². The van der Waals surface area contributed by atoms with Crippen molar-refractivity contribution >= 4 is 11.6 Å². The lowest BCUT2D eigenvalue weighted by Crippen LogP contribution is -2.26. The minimum Gasteiger partial charge on any atom is -0.397 e. The zero-order valence-electron chi connectivity index (χ0n) is 10.5. The van der Waals surface area contributed by atoms with Crippen molar-refractivity contribution in [1.29, 1.82) is 0 Å². The molecule has 0 spiro atoms. The third-order valence-corrected chi connectivity index (χ3v) is 2.63. The average molecular weight is 244 g/mol. The fourth-order valence-corrected chi connectivity index (χ4v) is 1.74. The third kappa shape index (κ3) is 2.68. The second-order valence-corrected chi connectivity index (χ2v) is 4.28. The van der Waals surface area contributed by atoms with Crippen LogP contribution >= 0.6 is 0 Å². The van der Waals surface area contributed by atoms with Gasteiger partial charge in [-0.25, -0.2) is 0 Å². The van der Waals surface area contributed by atoms with Gasteiger partial charge >= 0.3 is 0 Å². The molecule has 5 heteroatoms. The molecule has 0 saturated heterocycles. The van der Waals surface area contributed by atoms with Crippen LogP contribution in [0, 0.1) is 6.92 Å². The molecule has 18 heavy (non-hydrogen) atoms. The first-order valence-electron chi connectivity index (χ1n) is 5.68. The Kier molecular flexibility index (Phi) is 3.32.